The Kier molecular flexibility index (Phi) is 8.10. The summed E-state index contributed by atoms with van der Waals surface area (Å²) in [4.78, 5) is 79.1. The maximum atomic E-state index is 13.5. The fourth-order valence-corrected chi connectivity index (χ4v) is 5.39. The largest absolute Gasteiger partial charge is 0.478 e. The number of piperidine rings is 1. The van der Waals surface area contributed by atoms with Gasteiger partial charge >= 0.3 is 5.97 Å². The maximum absolute atomic E-state index is 13.5. The Morgan fingerprint density at radius 1 is 1.05 bits per heavy atom. The molecule has 222 valence electrons. The van der Waals surface area contributed by atoms with Gasteiger partial charge in [0.2, 0.25) is 11.7 Å². The van der Waals surface area contributed by atoms with Crippen LogP contribution in [-0.4, -0.2) is 62.0 Å². The molecule has 2 aromatic carbocycles. The van der Waals surface area contributed by atoms with E-state index in [9.17, 15) is 33.9 Å². The number of imide groups is 1. The Hall–Kier alpha value is -4.38. The zero-order valence-corrected chi connectivity index (χ0v) is 24.4. The van der Waals surface area contributed by atoms with Crippen molar-refractivity contribution in [3.63, 3.8) is 0 Å². The number of hydrogen-bond donors (Lipinski definition) is 3. The number of hydrogen-bond acceptors (Lipinski definition) is 7. The number of Topliss-reactive ketones (excluding diaryl/α,β-unsaturated/α-hetero) is 1. The van der Waals surface area contributed by atoms with E-state index in [0.717, 1.165) is 5.56 Å². The standard InChI is InChI=1S/C31H36N4O7/c1-17(2)31(32,29(41)42)35-24(36)14-13-23(28(35)40)34-16-22-19(7-6-8-21(22)27(34)39)15-33-26(38)25(37)18-9-11-20(12-10-18)30(3,4)5/h6-12,17,23H,13-16,32H2,1-5H3,(H,33,38)(H,41,42). The minimum absolute atomic E-state index is 0.00712. The van der Waals surface area contributed by atoms with Crippen LogP contribution in [0.3, 0.4) is 0 Å². The van der Waals surface area contributed by atoms with Gasteiger partial charge in [0, 0.05) is 36.6 Å². The summed E-state index contributed by atoms with van der Waals surface area (Å²) in [5, 5.41) is 12.4. The molecular weight excluding hydrogens is 540 g/mol. The second kappa shape index (κ2) is 11.1. The Morgan fingerprint density at radius 2 is 1.69 bits per heavy atom. The first-order chi connectivity index (χ1) is 19.6. The average Bonchev–Trinajstić information content (AvgIpc) is 3.27. The number of nitrogens with one attached hydrogen (secondary N) is 1. The summed E-state index contributed by atoms with van der Waals surface area (Å²) in [7, 11) is 0. The molecule has 11 nitrogen and oxygen atoms in total. The van der Waals surface area contributed by atoms with E-state index in [1.54, 1.807) is 30.3 Å². The summed E-state index contributed by atoms with van der Waals surface area (Å²) in [6.07, 6.45) is -0.131. The van der Waals surface area contributed by atoms with Gasteiger partial charge in [0.15, 0.2) is 5.66 Å². The number of nitrogens with zero attached hydrogens (tertiary/aromatic N) is 2. The summed E-state index contributed by atoms with van der Waals surface area (Å²) < 4.78 is 0. The van der Waals surface area contributed by atoms with Gasteiger partial charge in [-0.2, -0.15) is 0 Å². The zero-order valence-electron chi connectivity index (χ0n) is 24.4. The van der Waals surface area contributed by atoms with Crippen molar-refractivity contribution >= 4 is 35.4 Å². The number of carbonyl (C=O) groups is 6. The van der Waals surface area contributed by atoms with Crippen LogP contribution in [0.25, 0.3) is 0 Å². The van der Waals surface area contributed by atoms with Crippen molar-refractivity contribution in [3.8, 4) is 0 Å². The SMILES string of the molecule is CC(C)C(N)(C(=O)O)N1C(=O)CCC(N2Cc3c(CNC(=O)C(=O)c4ccc(C(C)(C)C)cc4)cccc3C2=O)C1=O. The number of fused-ring (bicyclic) bond motifs is 1. The van der Waals surface area contributed by atoms with Crippen LogP contribution in [0, 0.1) is 5.92 Å². The van der Waals surface area contributed by atoms with Gasteiger partial charge in [0.1, 0.15) is 6.04 Å². The first-order valence-electron chi connectivity index (χ1n) is 13.8. The van der Waals surface area contributed by atoms with Gasteiger partial charge in [0.05, 0.1) is 0 Å². The Bertz CT molecular complexity index is 1480. The number of nitrogens with two attached hydrogens (primary N) is 1. The van der Waals surface area contributed by atoms with Crippen LogP contribution in [0.1, 0.15) is 84.9 Å². The molecule has 2 aliphatic rings. The number of carboxylic acid groups (broad SMARTS) is 1. The third-order valence-corrected chi connectivity index (χ3v) is 8.11. The van der Waals surface area contributed by atoms with Crippen molar-refractivity contribution in [2.24, 2.45) is 11.7 Å². The molecule has 0 saturated carbocycles. The quantitative estimate of drug-likeness (QED) is 0.245. The first-order valence-corrected chi connectivity index (χ1v) is 13.8. The molecule has 2 aromatic rings. The van der Waals surface area contributed by atoms with E-state index in [-0.39, 0.29) is 36.9 Å². The number of likely N-dealkylation sites (tertiary alicyclic amines) is 1. The highest BCUT2D eigenvalue weighted by Gasteiger charge is 2.54. The highest BCUT2D eigenvalue weighted by molar-refractivity contribution is 6.42. The molecule has 0 aromatic heterocycles. The number of ketones is 1. The van der Waals surface area contributed by atoms with E-state index in [2.05, 4.69) is 5.32 Å². The molecule has 4 amide bonds. The van der Waals surface area contributed by atoms with Gasteiger partial charge in [-0.05, 0) is 34.6 Å². The number of rotatable bonds is 8. The molecule has 0 spiro atoms. The molecule has 1 saturated heterocycles. The van der Waals surface area contributed by atoms with Crippen molar-refractivity contribution in [1.82, 2.24) is 15.1 Å². The number of amides is 4. The van der Waals surface area contributed by atoms with E-state index >= 15 is 0 Å². The molecule has 42 heavy (non-hydrogen) atoms. The van der Waals surface area contributed by atoms with E-state index in [1.807, 2.05) is 32.9 Å². The van der Waals surface area contributed by atoms with Crippen LogP contribution in [0.15, 0.2) is 42.5 Å². The molecular formula is C31H36N4O7. The molecule has 2 heterocycles. The fraction of sp³-hybridized carbons (Fsp3) is 0.419. The lowest BCUT2D eigenvalue weighted by Gasteiger charge is -2.44. The predicted molar refractivity (Wildman–Crippen MR) is 152 cm³/mol. The van der Waals surface area contributed by atoms with Crippen molar-refractivity contribution < 1.29 is 33.9 Å². The smallest absolute Gasteiger partial charge is 0.345 e. The van der Waals surface area contributed by atoms with Gasteiger partial charge < -0.3 is 15.3 Å². The van der Waals surface area contributed by atoms with Crippen molar-refractivity contribution in [3.05, 3.63) is 70.3 Å². The van der Waals surface area contributed by atoms with Crippen LogP contribution in [0.5, 0.6) is 0 Å². The Balaban J connectivity index is 1.51. The molecule has 2 unspecified atom stereocenters. The fourth-order valence-electron chi connectivity index (χ4n) is 5.39. The molecule has 4 rings (SSSR count). The zero-order chi connectivity index (χ0) is 31.1. The third kappa shape index (κ3) is 5.32. The lowest BCUT2D eigenvalue weighted by atomic mass is 9.86. The summed E-state index contributed by atoms with van der Waals surface area (Å²) in [5.41, 5.74) is 6.52. The summed E-state index contributed by atoms with van der Waals surface area (Å²) in [6.45, 7) is 9.13. The summed E-state index contributed by atoms with van der Waals surface area (Å²) in [5.74, 6) is -5.80. The van der Waals surface area contributed by atoms with Gasteiger partial charge in [-0.1, -0.05) is 71.0 Å². The van der Waals surface area contributed by atoms with Crippen LogP contribution < -0.4 is 11.1 Å². The lowest BCUT2D eigenvalue weighted by molar-refractivity contribution is -0.174. The van der Waals surface area contributed by atoms with Crippen LogP contribution in [0.2, 0.25) is 0 Å². The normalized spacial score (nSPS) is 18.6. The van der Waals surface area contributed by atoms with Crippen LogP contribution in [0.4, 0.5) is 0 Å². The van der Waals surface area contributed by atoms with E-state index in [1.165, 1.54) is 18.7 Å². The average molecular weight is 577 g/mol. The first kappa shape index (κ1) is 30.6. The monoisotopic (exact) mass is 576 g/mol. The molecule has 11 heteroatoms. The summed E-state index contributed by atoms with van der Waals surface area (Å²) in [6, 6.07) is 10.7. The Labute approximate surface area is 244 Å². The maximum Gasteiger partial charge on any atom is 0.345 e. The van der Waals surface area contributed by atoms with Gasteiger partial charge in [-0.3, -0.25) is 34.6 Å². The molecule has 0 bridgehead atoms. The third-order valence-electron chi connectivity index (χ3n) is 8.11. The topological polar surface area (TPSA) is 167 Å². The minimum Gasteiger partial charge on any atom is -0.478 e. The highest BCUT2D eigenvalue weighted by Crippen LogP contribution is 2.34. The van der Waals surface area contributed by atoms with Gasteiger partial charge in [-0.15, -0.1) is 0 Å². The molecule has 0 aliphatic carbocycles. The predicted octanol–water partition coefficient (Wildman–Crippen LogP) is 2.35. The second-order valence-electron chi connectivity index (χ2n) is 12.1. The molecule has 4 N–H and O–H groups in total. The molecule has 2 aliphatic heterocycles. The Morgan fingerprint density at radius 3 is 2.26 bits per heavy atom. The summed E-state index contributed by atoms with van der Waals surface area (Å²) >= 11 is 0. The second-order valence-corrected chi connectivity index (χ2v) is 12.1. The van der Waals surface area contributed by atoms with E-state index in [4.69, 9.17) is 5.73 Å². The van der Waals surface area contributed by atoms with E-state index in [0.29, 0.717) is 21.6 Å². The van der Waals surface area contributed by atoms with Gasteiger partial charge in [0.25, 0.3) is 17.7 Å². The van der Waals surface area contributed by atoms with Crippen molar-refractivity contribution in [2.45, 2.75) is 77.7 Å². The molecule has 0 radical (unpaired) electrons. The highest BCUT2D eigenvalue weighted by atomic mass is 16.4. The van der Waals surface area contributed by atoms with E-state index < -0.39 is 53.0 Å². The van der Waals surface area contributed by atoms with Crippen LogP contribution >= 0.6 is 0 Å². The molecule has 2 atom stereocenters. The minimum atomic E-state index is -2.27. The van der Waals surface area contributed by atoms with Crippen molar-refractivity contribution in [1.29, 1.82) is 0 Å². The number of aliphatic carboxylic acids is 1. The number of carbonyl (C=O) groups excluding carboxylic acids is 5. The number of benzene rings is 2. The van der Waals surface area contributed by atoms with Gasteiger partial charge in [-0.25, -0.2) is 4.79 Å². The number of carboxylic acids is 1. The lowest BCUT2D eigenvalue weighted by Crippen LogP contribution is -2.72. The van der Waals surface area contributed by atoms with Crippen LogP contribution in [-0.2, 0) is 37.7 Å². The van der Waals surface area contributed by atoms with Crippen molar-refractivity contribution in [2.75, 3.05) is 0 Å². The molecule has 1 fully saturated rings.